The second-order valence-corrected chi connectivity index (χ2v) is 6.53. The van der Waals surface area contributed by atoms with Gasteiger partial charge in [0.2, 0.25) is 10.0 Å². The second-order valence-electron chi connectivity index (χ2n) is 4.77. The Morgan fingerprint density at radius 3 is 2.65 bits per heavy atom. The van der Waals surface area contributed by atoms with E-state index >= 15 is 0 Å². The van der Waals surface area contributed by atoms with E-state index in [2.05, 4.69) is 4.72 Å². The normalized spacial score (nSPS) is 14.7. The lowest BCUT2D eigenvalue weighted by Crippen LogP contribution is -2.30. The predicted octanol–water partition coefficient (Wildman–Crippen LogP) is 1.41. The number of rotatable bonds is 5. The number of aryl methyl sites for hydroxylation is 2. The van der Waals surface area contributed by atoms with Gasteiger partial charge in [0.1, 0.15) is 6.54 Å². The molecule has 0 saturated carbocycles. The van der Waals surface area contributed by atoms with Gasteiger partial charge in [0.25, 0.3) is 0 Å². The molecule has 2 rings (SSSR count). The summed E-state index contributed by atoms with van der Waals surface area (Å²) in [7, 11) is -3.66. The van der Waals surface area contributed by atoms with Crippen LogP contribution < -0.4 is 4.72 Å². The molecule has 5 nitrogen and oxygen atoms in total. The molecule has 0 spiro atoms. The van der Waals surface area contributed by atoms with Crippen LogP contribution >= 0.6 is 0 Å². The smallest absolute Gasteiger partial charge is 0.321 e. The number of carbonyl (C=O) groups excluding carboxylic acids is 1. The quantitative estimate of drug-likeness (QED) is 0.834. The Kier molecular flexibility index (Phi) is 4.77. The summed E-state index contributed by atoms with van der Waals surface area (Å²) in [4.78, 5) is 11.4. The van der Waals surface area contributed by atoms with Crippen molar-refractivity contribution < 1.29 is 17.9 Å². The number of esters is 1. The van der Waals surface area contributed by atoms with Gasteiger partial charge in [0, 0.05) is 0 Å². The van der Waals surface area contributed by atoms with Crippen LogP contribution in [0.1, 0.15) is 30.9 Å². The molecule has 20 heavy (non-hydrogen) atoms. The fourth-order valence-corrected chi connectivity index (χ4v) is 3.35. The maximum Gasteiger partial charge on any atom is 0.321 e. The minimum Gasteiger partial charge on any atom is -0.465 e. The van der Waals surface area contributed by atoms with Gasteiger partial charge in [-0.3, -0.25) is 4.79 Å². The van der Waals surface area contributed by atoms with Crippen molar-refractivity contribution in [2.75, 3.05) is 13.2 Å². The van der Waals surface area contributed by atoms with Crippen molar-refractivity contribution in [1.82, 2.24) is 4.72 Å². The molecule has 0 saturated heterocycles. The molecule has 0 aliphatic heterocycles. The summed E-state index contributed by atoms with van der Waals surface area (Å²) in [6, 6.07) is 5.17. The first kappa shape index (κ1) is 15.0. The first-order valence-corrected chi connectivity index (χ1v) is 8.28. The Balaban J connectivity index is 2.11. The summed E-state index contributed by atoms with van der Waals surface area (Å²) in [6.45, 7) is 1.57. The molecular weight excluding hydrogens is 278 g/mol. The minimum absolute atomic E-state index is 0.211. The topological polar surface area (TPSA) is 72.5 Å². The maximum atomic E-state index is 12.1. The van der Waals surface area contributed by atoms with Crippen molar-refractivity contribution in [2.24, 2.45) is 0 Å². The summed E-state index contributed by atoms with van der Waals surface area (Å²) in [6.07, 6.45) is 4.16. The molecule has 110 valence electrons. The fourth-order valence-electron chi connectivity index (χ4n) is 2.33. The minimum atomic E-state index is -3.66. The lowest BCUT2D eigenvalue weighted by molar-refractivity contribution is -0.141. The molecule has 0 radical (unpaired) electrons. The monoisotopic (exact) mass is 297 g/mol. The van der Waals surface area contributed by atoms with Crippen molar-refractivity contribution in [2.45, 2.75) is 37.5 Å². The van der Waals surface area contributed by atoms with E-state index in [1.54, 1.807) is 19.1 Å². The zero-order chi connectivity index (χ0) is 14.6. The number of ether oxygens (including phenoxy) is 1. The standard InChI is InChI=1S/C14H19NO4S/c1-2-19-14(16)10-15-20(17,18)13-8-7-11-5-3-4-6-12(11)9-13/h7-9,15H,2-6,10H2,1H3. The summed E-state index contributed by atoms with van der Waals surface area (Å²) < 4.78 is 31.2. The number of nitrogens with one attached hydrogen (secondary N) is 1. The van der Waals surface area contributed by atoms with E-state index in [-0.39, 0.29) is 18.0 Å². The van der Waals surface area contributed by atoms with Crippen LogP contribution in [-0.4, -0.2) is 27.5 Å². The van der Waals surface area contributed by atoms with E-state index in [1.165, 1.54) is 5.56 Å². The van der Waals surface area contributed by atoms with Gasteiger partial charge in [-0.1, -0.05) is 6.07 Å². The van der Waals surface area contributed by atoms with Crippen LogP contribution in [0.15, 0.2) is 23.1 Å². The highest BCUT2D eigenvalue weighted by Crippen LogP contribution is 2.23. The van der Waals surface area contributed by atoms with Crippen molar-refractivity contribution in [3.8, 4) is 0 Å². The van der Waals surface area contributed by atoms with Crippen molar-refractivity contribution in [1.29, 1.82) is 0 Å². The van der Waals surface area contributed by atoms with E-state index in [9.17, 15) is 13.2 Å². The molecule has 1 aliphatic rings. The Hall–Kier alpha value is -1.40. The maximum absolute atomic E-state index is 12.1. The molecule has 0 unspecified atom stereocenters. The number of sulfonamides is 1. The van der Waals surface area contributed by atoms with Gasteiger partial charge in [0.15, 0.2) is 0 Å². The average Bonchev–Trinajstić information content (AvgIpc) is 2.45. The van der Waals surface area contributed by atoms with Crippen LogP contribution in [0.5, 0.6) is 0 Å². The molecule has 1 aliphatic carbocycles. The summed E-state index contributed by atoms with van der Waals surface area (Å²) in [5.74, 6) is -0.575. The first-order chi connectivity index (χ1) is 9.53. The van der Waals surface area contributed by atoms with Crippen molar-refractivity contribution in [3.63, 3.8) is 0 Å². The molecule has 0 amide bonds. The van der Waals surface area contributed by atoms with Crippen LogP contribution in [-0.2, 0) is 32.4 Å². The number of carbonyl (C=O) groups is 1. The number of fused-ring (bicyclic) bond motifs is 1. The van der Waals surface area contributed by atoms with Crippen LogP contribution in [0.3, 0.4) is 0 Å². The third-order valence-electron chi connectivity index (χ3n) is 3.34. The second kappa shape index (κ2) is 6.37. The Morgan fingerprint density at radius 1 is 1.25 bits per heavy atom. The van der Waals surface area contributed by atoms with Crippen molar-refractivity contribution >= 4 is 16.0 Å². The van der Waals surface area contributed by atoms with Crippen LogP contribution in [0.4, 0.5) is 0 Å². The van der Waals surface area contributed by atoms with Crippen LogP contribution in [0.25, 0.3) is 0 Å². The lowest BCUT2D eigenvalue weighted by Gasteiger charge is -2.16. The highest BCUT2D eigenvalue weighted by molar-refractivity contribution is 7.89. The molecule has 0 atom stereocenters. The Labute approximate surface area is 119 Å². The highest BCUT2D eigenvalue weighted by Gasteiger charge is 2.18. The summed E-state index contributed by atoms with van der Waals surface area (Å²) >= 11 is 0. The highest BCUT2D eigenvalue weighted by atomic mass is 32.2. The average molecular weight is 297 g/mol. The van der Waals surface area contributed by atoms with E-state index < -0.39 is 16.0 Å². The van der Waals surface area contributed by atoms with Gasteiger partial charge in [-0.15, -0.1) is 0 Å². The molecule has 1 aromatic carbocycles. The van der Waals surface area contributed by atoms with Crippen LogP contribution in [0, 0.1) is 0 Å². The fraction of sp³-hybridized carbons (Fsp3) is 0.500. The van der Waals surface area contributed by atoms with Gasteiger partial charge in [-0.25, -0.2) is 8.42 Å². The Bertz CT molecular complexity index is 595. The molecule has 0 heterocycles. The SMILES string of the molecule is CCOC(=O)CNS(=O)(=O)c1ccc2c(c1)CCCC2. The number of benzene rings is 1. The molecule has 0 fully saturated rings. The first-order valence-electron chi connectivity index (χ1n) is 6.80. The van der Waals surface area contributed by atoms with E-state index in [1.807, 2.05) is 6.07 Å². The summed E-state index contributed by atoms with van der Waals surface area (Å²) in [5.41, 5.74) is 2.32. The van der Waals surface area contributed by atoms with E-state index in [4.69, 9.17) is 4.74 Å². The third kappa shape index (κ3) is 3.58. The summed E-state index contributed by atoms with van der Waals surface area (Å²) in [5, 5.41) is 0. The Morgan fingerprint density at radius 2 is 1.95 bits per heavy atom. The van der Waals surface area contributed by atoms with Gasteiger partial charge < -0.3 is 4.74 Å². The predicted molar refractivity (Wildman–Crippen MR) is 74.9 cm³/mol. The molecule has 1 aromatic rings. The van der Waals surface area contributed by atoms with E-state index in [0.717, 1.165) is 31.2 Å². The molecule has 0 aromatic heterocycles. The zero-order valence-corrected chi connectivity index (χ0v) is 12.3. The largest absolute Gasteiger partial charge is 0.465 e. The van der Waals surface area contributed by atoms with Crippen LogP contribution in [0.2, 0.25) is 0 Å². The zero-order valence-electron chi connectivity index (χ0n) is 11.5. The third-order valence-corrected chi connectivity index (χ3v) is 4.74. The number of hydrogen-bond donors (Lipinski definition) is 1. The molecule has 6 heteroatoms. The number of hydrogen-bond acceptors (Lipinski definition) is 4. The van der Waals surface area contributed by atoms with Gasteiger partial charge in [-0.05, 0) is 55.9 Å². The molecule has 0 bridgehead atoms. The van der Waals surface area contributed by atoms with Gasteiger partial charge in [-0.2, -0.15) is 4.72 Å². The molecular formula is C14H19NO4S. The lowest BCUT2D eigenvalue weighted by atomic mass is 9.92. The van der Waals surface area contributed by atoms with Gasteiger partial charge in [0.05, 0.1) is 11.5 Å². The van der Waals surface area contributed by atoms with Crippen molar-refractivity contribution in [3.05, 3.63) is 29.3 Å². The van der Waals surface area contributed by atoms with E-state index in [0.29, 0.717) is 0 Å². The van der Waals surface area contributed by atoms with Gasteiger partial charge >= 0.3 is 5.97 Å². The molecule has 1 N–H and O–H groups in total.